The zero-order valence-corrected chi connectivity index (χ0v) is 10.6. The minimum atomic E-state index is -4.70. The summed E-state index contributed by atoms with van der Waals surface area (Å²) in [5, 5.41) is 9.97. The molecular weight excluding hydrogens is 273 g/mol. The van der Waals surface area contributed by atoms with Gasteiger partial charge >= 0.3 is 6.36 Å². The molecule has 6 heteroatoms. The predicted octanol–water partition coefficient (Wildman–Crippen LogP) is 3.76. The minimum Gasteiger partial charge on any atom is -0.469 e. The summed E-state index contributed by atoms with van der Waals surface area (Å²) in [6.45, 7) is 1.76. The lowest BCUT2D eigenvalue weighted by molar-refractivity contribution is -0.274. The van der Waals surface area contributed by atoms with Crippen LogP contribution >= 0.6 is 0 Å². The van der Waals surface area contributed by atoms with Crippen LogP contribution in [0, 0.1) is 6.92 Å². The Morgan fingerprint density at radius 1 is 1.25 bits per heavy atom. The van der Waals surface area contributed by atoms with Gasteiger partial charge in [-0.15, -0.1) is 13.2 Å². The van der Waals surface area contributed by atoms with Crippen molar-refractivity contribution in [1.29, 1.82) is 0 Å². The lowest BCUT2D eigenvalue weighted by Crippen LogP contribution is -2.17. The normalized spacial score (nSPS) is 13.2. The standard InChI is InChI=1S/C14H13F3O3/c1-9-6-11(8-19-9)13(18)7-10-2-4-12(5-3-10)20-14(15,16)17/h2-6,8,13,18H,7H2,1H3. The first kappa shape index (κ1) is 14.5. The Morgan fingerprint density at radius 3 is 2.40 bits per heavy atom. The van der Waals surface area contributed by atoms with Crippen molar-refractivity contribution in [2.75, 3.05) is 0 Å². The second-order valence-electron chi connectivity index (χ2n) is 4.40. The Kier molecular flexibility index (Phi) is 4.04. The third-order valence-corrected chi connectivity index (χ3v) is 2.72. The third-order valence-electron chi connectivity index (χ3n) is 2.72. The predicted molar refractivity (Wildman–Crippen MR) is 65.2 cm³/mol. The maximum atomic E-state index is 12.0. The maximum absolute atomic E-state index is 12.0. The number of halogens is 3. The van der Waals surface area contributed by atoms with Gasteiger partial charge in [-0.3, -0.25) is 0 Å². The van der Waals surface area contributed by atoms with Crippen molar-refractivity contribution >= 4 is 0 Å². The van der Waals surface area contributed by atoms with E-state index in [0.717, 1.165) is 0 Å². The Morgan fingerprint density at radius 2 is 1.90 bits per heavy atom. The molecular formula is C14H13F3O3. The molecule has 1 N–H and O–H groups in total. The van der Waals surface area contributed by atoms with Crippen LogP contribution in [0.2, 0.25) is 0 Å². The molecule has 1 heterocycles. The third kappa shape index (κ3) is 4.03. The van der Waals surface area contributed by atoms with E-state index in [-0.39, 0.29) is 12.2 Å². The number of aliphatic hydroxyl groups excluding tert-OH is 1. The lowest BCUT2D eigenvalue weighted by atomic mass is 10.0. The zero-order valence-electron chi connectivity index (χ0n) is 10.6. The topological polar surface area (TPSA) is 42.6 Å². The largest absolute Gasteiger partial charge is 0.573 e. The summed E-state index contributed by atoms with van der Waals surface area (Å²) in [5.41, 5.74) is 1.34. The molecule has 0 aliphatic heterocycles. The van der Waals surface area contributed by atoms with Gasteiger partial charge in [0.05, 0.1) is 12.4 Å². The summed E-state index contributed by atoms with van der Waals surface area (Å²) in [5.74, 6) is 0.405. The Labute approximate surface area is 113 Å². The fraction of sp³-hybridized carbons (Fsp3) is 0.286. The maximum Gasteiger partial charge on any atom is 0.573 e. The van der Waals surface area contributed by atoms with Crippen molar-refractivity contribution in [1.82, 2.24) is 0 Å². The van der Waals surface area contributed by atoms with E-state index >= 15 is 0 Å². The molecule has 0 bridgehead atoms. The molecule has 0 aliphatic rings. The number of rotatable bonds is 4. The van der Waals surface area contributed by atoms with Crippen LogP contribution in [0.15, 0.2) is 41.0 Å². The molecule has 3 nitrogen and oxygen atoms in total. The van der Waals surface area contributed by atoms with Crippen LogP contribution in [-0.4, -0.2) is 11.5 Å². The molecule has 1 aromatic carbocycles. The van der Waals surface area contributed by atoms with Gasteiger partial charge in [-0.05, 0) is 30.7 Å². The molecule has 0 fully saturated rings. The molecule has 2 aromatic rings. The monoisotopic (exact) mass is 286 g/mol. The van der Waals surface area contributed by atoms with Crippen LogP contribution in [0.5, 0.6) is 5.75 Å². The fourth-order valence-corrected chi connectivity index (χ4v) is 1.81. The van der Waals surface area contributed by atoms with Crippen LogP contribution in [0.1, 0.15) is 23.0 Å². The first-order valence-corrected chi connectivity index (χ1v) is 5.91. The van der Waals surface area contributed by atoms with Gasteiger partial charge < -0.3 is 14.3 Å². The van der Waals surface area contributed by atoms with Crippen LogP contribution in [0.4, 0.5) is 13.2 Å². The second-order valence-corrected chi connectivity index (χ2v) is 4.40. The number of ether oxygens (including phenoxy) is 1. The average Bonchev–Trinajstić information content (AvgIpc) is 2.77. The van der Waals surface area contributed by atoms with Gasteiger partial charge in [0.1, 0.15) is 11.5 Å². The molecule has 20 heavy (non-hydrogen) atoms. The molecule has 0 radical (unpaired) electrons. The molecule has 0 saturated carbocycles. The Bertz CT molecular complexity index is 558. The van der Waals surface area contributed by atoms with Crippen LogP contribution in [0.25, 0.3) is 0 Å². The molecule has 1 aromatic heterocycles. The molecule has 1 atom stereocenters. The van der Waals surface area contributed by atoms with Crippen molar-refractivity contribution < 1.29 is 27.4 Å². The molecule has 0 spiro atoms. The first-order valence-electron chi connectivity index (χ1n) is 5.91. The smallest absolute Gasteiger partial charge is 0.469 e. The number of hydrogen-bond acceptors (Lipinski definition) is 3. The number of furan rings is 1. The van der Waals surface area contributed by atoms with E-state index in [9.17, 15) is 18.3 Å². The number of benzene rings is 1. The quantitative estimate of drug-likeness (QED) is 0.930. The van der Waals surface area contributed by atoms with Crippen molar-refractivity contribution in [2.24, 2.45) is 0 Å². The highest BCUT2D eigenvalue weighted by Crippen LogP contribution is 2.25. The highest BCUT2D eigenvalue weighted by Gasteiger charge is 2.30. The molecule has 0 amide bonds. The summed E-state index contributed by atoms with van der Waals surface area (Å²) in [7, 11) is 0. The van der Waals surface area contributed by atoms with Crippen LogP contribution in [0.3, 0.4) is 0 Å². The highest BCUT2D eigenvalue weighted by molar-refractivity contribution is 5.29. The SMILES string of the molecule is Cc1cc(C(O)Cc2ccc(OC(F)(F)F)cc2)co1. The Hall–Kier alpha value is -1.95. The van der Waals surface area contributed by atoms with E-state index in [2.05, 4.69) is 4.74 Å². The van der Waals surface area contributed by atoms with Gasteiger partial charge in [-0.1, -0.05) is 12.1 Å². The molecule has 1 unspecified atom stereocenters. The van der Waals surface area contributed by atoms with Crippen molar-refractivity contribution in [3.63, 3.8) is 0 Å². The first-order chi connectivity index (χ1) is 9.33. The van der Waals surface area contributed by atoms with Gasteiger partial charge in [0.25, 0.3) is 0 Å². The van der Waals surface area contributed by atoms with Gasteiger partial charge in [0.2, 0.25) is 0 Å². The summed E-state index contributed by atoms with van der Waals surface area (Å²) in [6.07, 6.45) is -3.72. The van der Waals surface area contributed by atoms with Gasteiger partial charge in [0, 0.05) is 12.0 Å². The number of hydrogen-bond donors (Lipinski definition) is 1. The van der Waals surface area contributed by atoms with Gasteiger partial charge in [0.15, 0.2) is 0 Å². The molecule has 0 aliphatic carbocycles. The summed E-state index contributed by atoms with van der Waals surface area (Å²) in [6, 6.07) is 7.12. The van der Waals surface area contributed by atoms with Crippen LogP contribution in [-0.2, 0) is 6.42 Å². The summed E-state index contributed by atoms with van der Waals surface area (Å²) < 4.78 is 44.9. The second kappa shape index (κ2) is 5.58. The van der Waals surface area contributed by atoms with E-state index < -0.39 is 12.5 Å². The summed E-state index contributed by atoms with van der Waals surface area (Å²) in [4.78, 5) is 0. The number of aryl methyl sites for hydroxylation is 1. The zero-order chi connectivity index (χ0) is 14.8. The van der Waals surface area contributed by atoms with E-state index in [4.69, 9.17) is 4.42 Å². The van der Waals surface area contributed by atoms with E-state index in [1.807, 2.05) is 0 Å². The molecule has 108 valence electrons. The number of aliphatic hydroxyl groups is 1. The Balaban J connectivity index is 2.00. The fourth-order valence-electron chi connectivity index (χ4n) is 1.81. The van der Waals surface area contributed by atoms with Gasteiger partial charge in [-0.25, -0.2) is 0 Å². The minimum absolute atomic E-state index is 0.283. The summed E-state index contributed by atoms with van der Waals surface area (Å²) >= 11 is 0. The average molecular weight is 286 g/mol. The molecule has 0 saturated heterocycles. The van der Waals surface area contributed by atoms with E-state index in [1.54, 1.807) is 13.0 Å². The van der Waals surface area contributed by atoms with E-state index in [1.165, 1.54) is 30.5 Å². The van der Waals surface area contributed by atoms with Crippen molar-refractivity contribution in [3.8, 4) is 5.75 Å². The highest BCUT2D eigenvalue weighted by atomic mass is 19.4. The van der Waals surface area contributed by atoms with E-state index in [0.29, 0.717) is 16.9 Å². The van der Waals surface area contributed by atoms with Crippen molar-refractivity contribution in [3.05, 3.63) is 53.5 Å². The number of alkyl halides is 3. The van der Waals surface area contributed by atoms with Crippen molar-refractivity contribution in [2.45, 2.75) is 25.8 Å². The lowest BCUT2D eigenvalue weighted by Gasteiger charge is -2.11. The molecule has 2 rings (SSSR count). The van der Waals surface area contributed by atoms with Crippen LogP contribution < -0.4 is 4.74 Å². The van der Waals surface area contributed by atoms with Gasteiger partial charge in [-0.2, -0.15) is 0 Å².